The first-order chi connectivity index (χ1) is 10.8. The van der Waals surface area contributed by atoms with Crippen LogP contribution in [0.2, 0.25) is 0 Å². The zero-order chi connectivity index (χ0) is 17.4. The predicted octanol–water partition coefficient (Wildman–Crippen LogP) is 2.03. The van der Waals surface area contributed by atoms with Crippen molar-refractivity contribution in [2.45, 2.75) is 52.6 Å². The lowest BCUT2D eigenvalue weighted by Gasteiger charge is -2.23. The Morgan fingerprint density at radius 2 is 1.78 bits per heavy atom. The summed E-state index contributed by atoms with van der Waals surface area (Å²) in [5.74, 6) is -0.170. The van der Waals surface area contributed by atoms with Gasteiger partial charge in [0.2, 0.25) is 5.91 Å². The quantitative estimate of drug-likeness (QED) is 0.686. The predicted molar refractivity (Wildman–Crippen MR) is 91.2 cm³/mol. The molecule has 0 aliphatic rings. The minimum Gasteiger partial charge on any atom is -0.396 e. The number of rotatable bonds is 8. The fourth-order valence-corrected chi connectivity index (χ4v) is 2.38. The van der Waals surface area contributed by atoms with E-state index in [4.69, 9.17) is 5.11 Å². The Bertz CT molecular complexity index is 529. The number of hydrogen-bond donors (Lipinski definition) is 3. The standard InChI is InChI=1S/C18H28N2O3/c1-12(2)11-16(18(23)19-14(4)9-10-21)20-17(22)15-8-6-5-7-13(15)3/h5-8,12,14,16,21H,9-11H2,1-4H3,(H,19,23)(H,20,22). The zero-order valence-electron chi connectivity index (χ0n) is 14.4. The monoisotopic (exact) mass is 320 g/mol. The Labute approximate surface area is 138 Å². The second-order valence-electron chi connectivity index (χ2n) is 6.39. The van der Waals surface area contributed by atoms with Gasteiger partial charge in [-0.1, -0.05) is 32.0 Å². The van der Waals surface area contributed by atoms with E-state index >= 15 is 0 Å². The maximum Gasteiger partial charge on any atom is 0.252 e. The molecule has 0 saturated heterocycles. The molecular weight excluding hydrogens is 292 g/mol. The van der Waals surface area contributed by atoms with Gasteiger partial charge in [-0.25, -0.2) is 0 Å². The highest BCUT2D eigenvalue weighted by atomic mass is 16.3. The molecule has 2 unspecified atom stereocenters. The number of nitrogens with one attached hydrogen (secondary N) is 2. The van der Waals surface area contributed by atoms with E-state index in [1.54, 1.807) is 6.07 Å². The first-order valence-electron chi connectivity index (χ1n) is 8.12. The molecule has 2 atom stereocenters. The molecule has 23 heavy (non-hydrogen) atoms. The van der Waals surface area contributed by atoms with Crippen LogP contribution in [-0.4, -0.2) is 35.6 Å². The van der Waals surface area contributed by atoms with Gasteiger partial charge in [0, 0.05) is 18.2 Å². The van der Waals surface area contributed by atoms with Crippen LogP contribution >= 0.6 is 0 Å². The lowest BCUT2D eigenvalue weighted by molar-refractivity contribution is -0.124. The molecule has 0 bridgehead atoms. The van der Waals surface area contributed by atoms with Crippen molar-refractivity contribution in [1.29, 1.82) is 0 Å². The van der Waals surface area contributed by atoms with Gasteiger partial charge in [0.05, 0.1) is 0 Å². The maximum atomic E-state index is 12.4. The molecule has 1 rings (SSSR count). The number of benzene rings is 1. The van der Waals surface area contributed by atoms with Crippen LogP contribution in [0.25, 0.3) is 0 Å². The number of amides is 2. The van der Waals surface area contributed by atoms with E-state index in [1.807, 2.05) is 45.9 Å². The first-order valence-corrected chi connectivity index (χ1v) is 8.12. The smallest absolute Gasteiger partial charge is 0.252 e. The van der Waals surface area contributed by atoms with Crippen molar-refractivity contribution in [2.24, 2.45) is 5.92 Å². The summed E-state index contributed by atoms with van der Waals surface area (Å²) in [6.07, 6.45) is 1.06. The molecule has 0 aromatic heterocycles. The summed E-state index contributed by atoms with van der Waals surface area (Å²) in [4.78, 5) is 24.9. The van der Waals surface area contributed by atoms with Crippen molar-refractivity contribution >= 4 is 11.8 Å². The molecule has 0 spiro atoms. The van der Waals surface area contributed by atoms with Crippen molar-refractivity contribution < 1.29 is 14.7 Å². The fourth-order valence-electron chi connectivity index (χ4n) is 2.38. The van der Waals surface area contributed by atoms with Crippen molar-refractivity contribution in [1.82, 2.24) is 10.6 Å². The van der Waals surface area contributed by atoms with Crippen molar-refractivity contribution in [2.75, 3.05) is 6.61 Å². The van der Waals surface area contributed by atoms with Gasteiger partial charge >= 0.3 is 0 Å². The molecule has 3 N–H and O–H groups in total. The van der Waals surface area contributed by atoms with Gasteiger partial charge in [0.25, 0.3) is 5.91 Å². The van der Waals surface area contributed by atoms with Crippen LogP contribution in [-0.2, 0) is 4.79 Å². The second kappa shape index (κ2) is 9.30. The molecule has 128 valence electrons. The average Bonchev–Trinajstić information content (AvgIpc) is 2.46. The van der Waals surface area contributed by atoms with Gasteiger partial charge in [-0.2, -0.15) is 0 Å². The highest BCUT2D eigenvalue weighted by Gasteiger charge is 2.24. The van der Waals surface area contributed by atoms with Crippen LogP contribution in [0.5, 0.6) is 0 Å². The average molecular weight is 320 g/mol. The number of hydrogen-bond acceptors (Lipinski definition) is 3. The molecule has 0 heterocycles. The Morgan fingerprint density at radius 3 is 2.35 bits per heavy atom. The van der Waals surface area contributed by atoms with Gasteiger partial charge in [0.15, 0.2) is 0 Å². The summed E-state index contributed by atoms with van der Waals surface area (Å²) in [5, 5.41) is 14.6. The van der Waals surface area contributed by atoms with E-state index in [0.717, 1.165) is 5.56 Å². The first kappa shape index (κ1) is 19.2. The largest absolute Gasteiger partial charge is 0.396 e. The van der Waals surface area contributed by atoms with Crippen LogP contribution in [0, 0.1) is 12.8 Å². The van der Waals surface area contributed by atoms with E-state index in [2.05, 4.69) is 10.6 Å². The Morgan fingerprint density at radius 1 is 1.13 bits per heavy atom. The van der Waals surface area contributed by atoms with E-state index in [-0.39, 0.29) is 30.4 Å². The number of aryl methyl sites for hydroxylation is 1. The fraction of sp³-hybridized carbons (Fsp3) is 0.556. The molecule has 0 saturated carbocycles. The van der Waals surface area contributed by atoms with E-state index in [1.165, 1.54) is 0 Å². The SMILES string of the molecule is Cc1ccccc1C(=O)NC(CC(C)C)C(=O)NC(C)CCO. The van der Waals surface area contributed by atoms with Gasteiger partial charge in [-0.05, 0) is 44.2 Å². The van der Waals surface area contributed by atoms with Gasteiger partial charge < -0.3 is 15.7 Å². The minimum absolute atomic E-state index is 0.0197. The Balaban J connectivity index is 2.80. The molecule has 1 aromatic rings. The molecule has 5 heteroatoms. The van der Waals surface area contributed by atoms with Crippen molar-refractivity contribution in [3.63, 3.8) is 0 Å². The Kier molecular flexibility index (Phi) is 7.75. The topological polar surface area (TPSA) is 78.4 Å². The molecule has 2 amide bonds. The van der Waals surface area contributed by atoms with Crippen LogP contribution in [0.1, 0.15) is 49.5 Å². The lowest BCUT2D eigenvalue weighted by atomic mass is 10.0. The summed E-state index contributed by atoms with van der Waals surface area (Å²) in [6, 6.07) is 6.60. The van der Waals surface area contributed by atoms with E-state index in [0.29, 0.717) is 18.4 Å². The van der Waals surface area contributed by atoms with Crippen molar-refractivity contribution in [3.05, 3.63) is 35.4 Å². The third-order valence-corrected chi connectivity index (χ3v) is 3.67. The molecule has 0 fully saturated rings. The van der Waals surface area contributed by atoms with Crippen LogP contribution in [0.4, 0.5) is 0 Å². The second-order valence-corrected chi connectivity index (χ2v) is 6.39. The van der Waals surface area contributed by atoms with Gasteiger partial charge in [-0.15, -0.1) is 0 Å². The number of aliphatic hydroxyl groups excluding tert-OH is 1. The summed E-state index contributed by atoms with van der Waals surface area (Å²) in [5.41, 5.74) is 1.46. The summed E-state index contributed by atoms with van der Waals surface area (Å²) in [6.45, 7) is 7.75. The highest BCUT2D eigenvalue weighted by molar-refractivity contribution is 5.98. The third kappa shape index (κ3) is 6.40. The lowest BCUT2D eigenvalue weighted by Crippen LogP contribution is -2.49. The highest BCUT2D eigenvalue weighted by Crippen LogP contribution is 2.10. The van der Waals surface area contributed by atoms with Gasteiger partial charge in [0.1, 0.15) is 6.04 Å². The number of carbonyl (C=O) groups excluding carboxylic acids is 2. The maximum absolute atomic E-state index is 12.4. The van der Waals surface area contributed by atoms with Gasteiger partial charge in [-0.3, -0.25) is 9.59 Å². The summed E-state index contributed by atoms with van der Waals surface area (Å²) in [7, 11) is 0. The molecular formula is C18H28N2O3. The van der Waals surface area contributed by atoms with Crippen LogP contribution in [0.3, 0.4) is 0 Å². The van der Waals surface area contributed by atoms with Crippen molar-refractivity contribution in [3.8, 4) is 0 Å². The van der Waals surface area contributed by atoms with Crippen LogP contribution < -0.4 is 10.6 Å². The third-order valence-electron chi connectivity index (χ3n) is 3.67. The number of carbonyl (C=O) groups is 2. The molecule has 5 nitrogen and oxygen atoms in total. The Hall–Kier alpha value is -1.88. The molecule has 0 aliphatic heterocycles. The summed E-state index contributed by atoms with van der Waals surface area (Å²) < 4.78 is 0. The molecule has 0 radical (unpaired) electrons. The molecule has 0 aliphatic carbocycles. The normalized spacial score (nSPS) is 13.5. The zero-order valence-corrected chi connectivity index (χ0v) is 14.4. The van der Waals surface area contributed by atoms with E-state index < -0.39 is 6.04 Å². The summed E-state index contributed by atoms with van der Waals surface area (Å²) >= 11 is 0. The van der Waals surface area contributed by atoms with Crippen LogP contribution in [0.15, 0.2) is 24.3 Å². The minimum atomic E-state index is -0.580. The molecule has 1 aromatic carbocycles. The number of aliphatic hydroxyl groups is 1. The van der Waals surface area contributed by atoms with E-state index in [9.17, 15) is 9.59 Å².